The SMILES string of the molecule is CCOC(=O)c1cccc(NC(=S)N[C@H]2CC(C)(C)Oc3ccc(OC)cc32)c1. The van der Waals surface area contributed by atoms with Gasteiger partial charge in [0.2, 0.25) is 0 Å². The minimum absolute atomic E-state index is 0.0444. The molecule has 0 aliphatic carbocycles. The van der Waals surface area contributed by atoms with Gasteiger partial charge in [0.25, 0.3) is 0 Å². The number of hydrogen-bond donors (Lipinski definition) is 2. The van der Waals surface area contributed by atoms with Crippen LogP contribution in [0.1, 0.15) is 49.2 Å². The van der Waals surface area contributed by atoms with Crippen LogP contribution in [-0.4, -0.2) is 30.4 Å². The molecule has 0 saturated heterocycles. The Kier molecular flexibility index (Phi) is 6.27. The molecule has 1 aliphatic rings. The van der Waals surface area contributed by atoms with Crippen LogP contribution in [0.3, 0.4) is 0 Å². The standard InChI is InChI=1S/C22H26N2O4S/c1-5-27-20(25)14-7-6-8-15(11-14)23-21(29)24-18-13-22(2,3)28-19-10-9-16(26-4)12-17(18)19/h6-12,18H,5,13H2,1-4H3,(H2,23,24,29)/t18-/m0/s1. The number of nitrogens with one attached hydrogen (secondary N) is 2. The van der Waals surface area contributed by atoms with E-state index in [4.69, 9.17) is 26.4 Å². The summed E-state index contributed by atoms with van der Waals surface area (Å²) in [5.41, 5.74) is 1.85. The molecule has 6 nitrogen and oxygen atoms in total. The molecule has 0 bridgehead atoms. The molecular weight excluding hydrogens is 388 g/mol. The minimum Gasteiger partial charge on any atom is -0.497 e. The molecule has 0 spiro atoms. The normalized spacial score (nSPS) is 16.8. The Hall–Kier alpha value is -2.80. The zero-order chi connectivity index (χ0) is 21.0. The number of rotatable bonds is 5. The highest BCUT2D eigenvalue weighted by molar-refractivity contribution is 7.80. The Bertz CT molecular complexity index is 913. The molecule has 1 atom stereocenters. The van der Waals surface area contributed by atoms with Crippen LogP contribution in [-0.2, 0) is 4.74 Å². The van der Waals surface area contributed by atoms with Crippen LogP contribution < -0.4 is 20.1 Å². The third kappa shape index (κ3) is 5.17. The second-order valence-corrected chi connectivity index (χ2v) is 7.83. The van der Waals surface area contributed by atoms with Crippen molar-refractivity contribution in [2.75, 3.05) is 19.0 Å². The average molecular weight is 415 g/mol. The quantitative estimate of drug-likeness (QED) is 0.553. The molecule has 1 heterocycles. The summed E-state index contributed by atoms with van der Waals surface area (Å²) >= 11 is 5.53. The molecule has 3 rings (SSSR count). The van der Waals surface area contributed by atoms with Crippen molar-refractivity contribution in [1.82, 2.24) is 5.32 Å². The van der Waals surface area contributed by atoms with E-state index in [0.29, 0.717) is 23.0 Å². The second kappa shape index (κ2) is 8.69. The first kappa shape index (κ1) is 20.9. The summed E-state index contributed by atoms with van der Waals surface area (Å²) in [7, 11) is 1.64. The van der Waals surface area contributed by atoms with E-state index in [1.54, 1.807) is 32.2 Å². The summed E-state index contributed by atoms with van der Waals surface area (Å²) in [5.74, 6) is 1.22. The number of carbonyl (C=O) groups excluding carboxylic acids is 1. The number of carbonyl (C=O) groups is 1. The van der Waals surface area contributed by atoms with Gasteiger partial charge in [-0.1, -0.05) is 6.07 Å². The molecule has 2 aromatic carbocycles. The van der Waals surface area contributed by atoms with E-state index in [9.17, 15) is 4.79 Å². The lowest BCUT2D eigenvalue weighted by Crippen LogP contribution is -2.42. The van der Waals surface area contributed by atoms with Gasteiger partial charge in [-0.3, -0.25) is 0 Å². The zero-order valence-corrected chi connectivity index (χ0v) is 17.9. The second-order valence-electron chi connectivity index (χ2n) is 7.42. The number of thiocarbonyl (C=S) groups is 1. The van der Waals surface area contributed by atoms with Crippen LogP contribution in [0.4, 0.5) is 5.69 Å². The fourth-order valence-electron chi connectivity index (χ4n) is 3.35. The van der Waals surface area contributed by atoms with E-state index < -0.39 is 0 Å². The van der Waals surface area contributed by atoms with Crippen LogP contribution in [0.25, 0.3) is 0 Å². The van der Waals surface area contributed by atoms with Gasteiger partial charge >= 0.3 is 5.97 Å². The molecule has 29 heavy (non-hydrogen) atoms. The van der Waals surface area contributed by atoms with Crippen LogP contribution in [0.2, 0.25) is 0 Å². The summed E-state index contributed by atoms with van der Waals surface area (Å²) < 4.78 is 16.5. The molecule has 0 aromatic heterocycles. The molecule has 2 N–H and O–H groups in total. The highest BCUT2D eigenvalue weighted by Gasteiger charge is 2.34. The molecular formula is C22H26N2O4S. The third-order valence-corrected chi connectivity index (χ3v) is 4.83. The van der Waals surface area contributed by atoms with Gasteiger partial charge in [-0.25, -0.2) is 4.79 Å². The van der Waals surface area contributed by atoms with Gasteiger partial charge in [0.1, 0.15) is 17.1 Å². The Morgan fingerprint density at radius 2 is 2.07 bits per heavy atom. The molecule has 2 aromatic rings. The average Bonchev–Trinajstić information content (AvgIpc) is 2.67. The van der Waals surface area contributed by atoms with Gasteiger partial charge in [-0.2, -0.15) is 0 Å². The number of benzene rings is 2. The van der Waals surface area contributed by atoms with Gasteiger partial charge in [-0.05, 0) is 69.4 Å². The first-order chi connectivity index (χ1) is 13.8. The van der Waals surface area contributed by atoms with Gasteiger partial charge in [0, 0.05) is 17.7 Å². The van der Waals surface area contributed by atoms with Crippen LogP contribution in [0.5, 0.6) is 11.5 Å². The third-order valence-electron chi connectivity index (χ3n) is 4.61. The van der Waals surface area contributed by atoms with E-state index in [2.05, 4.69) is 10.6 Å². The molecule has 0 fully saturated rings. The molecule has 0 unspecified atom stereocenters. The Labute approximate surface area is 176 Å². The van der Waals surface area contributed by atoms with E-state index in [0.717, 1.165) is 23.5 Å². The molecule has 154 valence electrons. The van der Waals surface area contributed by atoms with Crippen LogP contribution in [0, 0.1) is 0 Å². The number of esters is 1. The lowest BCUT2D eigenvalue weighted by Gasteiger charge is -2.38. The summed E-state index contributed by atoms with van der Waals surface area (Å²) in [4.78, 5) is 11.9. The van der Waals surface area contributed by atoms with Gasteiger partial charge in [0.05, 0.1) is 25.3 Å². The van der Waals surface area contributed by atoms with E-state index in [1.807, 2.05) is 38.1 Å². The monoisotopic (exact) mass is 414 g/mol. The Morgan fingerprint density at radius 1 is 1.28 bits per heavy atom. The summed E-state index contributed by atoms with van der Waals surface area (Å²) in [6.07, 6.45) is 0.734. The number of anilines is 1. The highest BCUT2D eigenvalue weighted by atomic mass is 32.1. The predicted molar refractivity (Wildman–Crippen MR) is 117 cm³/mol. The Morgan fingerprint density at radius 3 is 2.79 bits per heavy atom. The molecule has 0 radical (unpaired) electrons. The molecule has 0 saturated carbocycles. The molecule has 1 aliphatic heterocycles. The first-order valence-electron chi connectivity index (χ1n) is 9.53. The number of hydrogen-bond acceptors (Lipinski definition) is 5. The molecule has 0 amide bonds. The summed E-state index contributed by atoms with van der Waals surface area (Å²) in [6.45, 7) is 6.21. The van der Waals surface area contributed by atoms with E-state index in [1.165, 1.54) is 0 Å². The fraction of sp³-hybridized carbons (Fsp3) is 0.364. The zero-order valence-electron chi connectivity index (χ0n) is 17.1. The van der Waals surface area contributed by atoms with Gasteiger partial charge in [0.15, 0.2) is 5.11 Å². The lowest BCUT2D eigenvalue weighted by atomic mass is 9.89. The maximum Gasteiger partial charge on any atom is 0.338 e. The number of methoxy groups -OCH3 is 1. The summed E-state index contributed by atoms with van der Waals surface area (Å²) in [6, 6.07) is 12.8. The van der Waals surface area contributed by atoms with Crippen molar-refractivity contribution in [2.45, 2.75) is 38.8 Å². The summed E-state index contributed by atoms with van der Waals surface area (Å²) in [5, 5.41) is 6.99. The van der Waals surface area contributed by atoms with E-state index in [-0.39, 0.29) is 17.6 Å². The van der Waals surface area contributed by atoms with Gasteiger partial charge in [-0.15, -0.1) is 0 Å². The predicted octanol–water partition coefficient (Wildman–Crippen LogP) is 4.46. The van der Waals surface area contributed by atoms with Crippen molar-refractivity contribution in [3.63, 3.8) is 0 Å². The van der Waals surface area contributed by atoms with Crippen molar-refractivity contribution in [2.24, 2.45) is 0 Å². The number of ether oxygens (including phenoxy) is 3. The van der Waals surface area contributed by atoms with Crippen LogP contribution >= 0.6 is 12.2 Å². The maximum absolute atomic E-state index is 11.9. The van der Waals surface area contributed by atoms with Crippen molar-refractivity contribution in [1.29, 1.82) is 0 Å². The smallest absolute Gasteiger partial charge is 0.338 e. The highest BCUT2D eigenvalue weighted by Crippen LogP contribution is 2.41. The van der Waals surface area contributed by atoms with Crippen molar-refractivity contribution in [3.05, 3.63) is 53.6 Å². The van der Waals surface area contributed by atoms with E-state index >= 15 is 0 Å². The lowest BCUT2D eigenvalue weighted by molar-refractivity contribution is 0.0526. The van der Waals surface area contributed by atoms with Crippen molar-refractivity contribution in [3.8, 4) is 11.5 Å². The fourth-order valence-corrected chi connectivity index (χ4v) is 3.61. The largest absolute Gasteiger partial charge is 0.497 e. The molecule has 7 heteroatoms. The minimum atomic E-state index is -0.359. The maximum atomic E-state index is 11.9. The van der Waals surface area contributed by atoms with Crippen molar-refractivity contribution >= 4 is 29.0 Å². The number of fused-ring (bicyclic) bond motifs is 1. The topological polar surface area (TPSA) is 68.8 Å². The Balaban J connectivity index is 1.75. The van der Waals surface area contributed by atoms with Gasteiger partial charge < -0.3 is 24.8 Å². The first-order valence-corrected chi connectivity index (χ1v) is 9.94. The van der Waals surface area contributed by atoms with Crippen LogP contribution in [0.15, 0.2) is 42.5 Å². The van der Waals surface area contributed by atoms with Crippen molar-refractivity contribution < 1.29 is 19.0 Å².